The zero-order valence-electron chi connectivity index (χ0n) is 15.4. The quantitative estimate of drug-likeness (QED) is 0.350. The molecule has 24 heavy (non-hydrogen) atoms. The summed E-state index contributed by atoms with van der Waals surface area (Å²) < 4.78 is 11.4. The van der Waals surface area contributed by atoms with Gasteiger partial charge in [-0.3, -0.25) is 4.99 Å². The maximum Gasteiger partial charge on any atom is 0.191 e. The summed E-state index contributed by atoms with van der Waals surface area (Å²) in [6.45, 7) is 8.11. The van der Waals surface area contributed by atoms with E-state index in [2.05, 4.69) is 41.6 Å². The second kappa shape index (κ2) is 13.8. The third-order valence-corrected chi connectivity index (χ3v) is 3.66. The molecule has 0 aromatic heterocycles. The summed E-state index contributed by atoms with van der Waals surface area (Å²) in [5.41, 5.74) is 1.21. The van der Waals surface area contributed by atoms with E-state index >= 15 is 0 Å². The van der Waals surface area contributed by atoms with Crippen LogP contribution in [0.1, 0.15) is 44.8 Å². The highest BCUT2D eigenvalue weighted by molar-refractivity contribution is 5.79. The molecule has 2 N–H and O–H groups in total. The molecule has 1 atom stereocenters. The second-order valence-electron chi connectivity index (χ2n) is 5.67. The van der Waals surface area contributed by atoms with Crippen LogP contribution in [-0.2, 0) is 9.47 Å². The Hall–Kier alpha value is -1.59. The highest BCUT2D eigenvalue weighted by atomic mass is 16.5. The minimum atomic E-state index is 0.129. The molecule has 0 fully saturated rings. The lowest BCUT2D eigenvalue weighted by Gasteiger charge is -2.15. The van der Waals surface area contributed by atoms with Crippen LogP contribution in [0.25, 0.3) is 0 Å². The second-order valence-corrected chi connectivity index (χ2v) is 5.67. The number of rotatable bonds is 12. The monoisotopic (exact) mass is 335 g/mol. The molecule has 0 saturated heterocycles. The zero-order valence-corrected chi connectivity index (χ0v) is 15.4. The zero-order chi connectivity index (χ0) is 17.5. The van der Waals surface area contributed by atoms with Gasteiger partial charge in [0.05, 0.1) is 12.7 Å². The van der Waals surface area contributed by atoms with Gasteiger partial charge in [0, 0.05) is 33.4 Å². The Balaban J connectivity index is 2.04. The molecular weight excluding hydrogens is 302 g/mol. The minimum Gasteiger partial charge on any atom is -0.380 e. The summed E-state index contributed by atoms with van der Waals surface area (Å²) in [5, 5.41) is 6.53. The number of ether oxygens (including phenoxy) is 2. The van der Waals surface area contributed by atoms with Gasteiger partial charge in [-0.05, 0) is 25.3 Å². The molecule has 0 amide bonds. The van der Waals surface area contributed by atoms with Crippen LogP contribution in [0.3, 0.4) is 0 Å². The lowest BCUT2D eigenvalue weighted by molar-refractivity contribution is 0.0646. The van der Waals surface area contributed by atoms with E-state index in [4.69, 9.17) is 9.47 Å². The van der Waals surface area contributed by atoms with Gasteiger partial charge in [0.1, 0.15) is 0 Å². The Morgan fingerprint density at radius 3 is 2.50 bits per heavy atom. The number of benzene rings is 1. The van der Waals surface area contributed by atoms with Crippen molar-refractivity contribution in [1.29, 1.82) is 0 Å². The summed E-state index contributed by atoms with van der Waals surface area (Å²) in [5.74, 6) is 0.810. The van der Waals surface area contributed by atoms with Crippen LogP contribution in [0.15, 0.2) is 35.3 Å². The van der Waals surface area contributed by atoms with Crippen LogP contribution >= 0.6 is 0 Å². The van der Waals surface area contributed by atoms with Gasteiger partial charge in [0.25, 0.3) is 0 Å². The predicted molar refractivity (Wildman–Crippen MR) is 101 cm³/mol. The van der Waals surface area contributed by atoms with Gasteiger partial charge < -0.3 is 20.1 Å². The van der Waals surface area contributed by atoms with Gasteiger partial charge in [0.15, 0.2) is 5.96 Å². The Morgan fingerprint density at radius 2 is 1.79 bits per heavy atom. The molecule has 136 valence electrons. The van der Waals surface area contributed by atoms with Crippen LogP contribution in [-0.4, -0.2) is 45.9 Å². The van der Waals surface area contributed by atoms with E-state index in [0.29, 0.717) is 6.61 Å². The standard InChI is InChI=1S/C19H33N3O2/c1-4-5-14-23-16-13-22-19(20-3)21-12-9-15-24-17(2)18-10-7-6-8-11-18/h6-8,10-11,17H,4-5,9,12-16H2,1-3H3,(H2,20,21,22). The summed E-state index contributed by atoms with van der Waals surface area (Å²) in [6.07, 6.45) is 3.35. The van der Waals surface area contributed by atoms with E-state index in [9.17, 15) is 0 Å². The molecule has 0 aliphatic heterocycles. The van der Waals surface area contributed by atoms with Crippen molar-refractivity contribution in [3.05, 3.63) is 35.9 Å². The largest absolute Gasteiger partial charge is 0.380 e. The van der Waals surface area contributed by atoms with E-state index in [1.165, 1.54) is 12.0 Å². The summed E-state index contributed by atoms with van der Waals surface area (Å²) in [7, 11) is 1.78. The van der Waals surface area contributed by atoms with E-state index < -0.39 is 0 Å². The van der Waals surface area contributed by atoms with E-state index in [-0.39, 0.29) is 6.10 Å². The fraction of sp³-hybridized carbons (Fsp3) is 0.632. The van der Waals surface area contributed by atoms with Gasteiger partial charge >= 0.3 is 0 Å². The molecular formula is C19H33N3O2. The van der Waals surface area contributed by atoms with Crippen molar-refractivity contribution in [3.8, 4) is 0 Å². The number of aliphatic imine (C=N–C) groups is 1. The van der Waals surface area contributed by atoms with Gasteiger partial charge in [-0.15, -0.1) is 0 Å². The van der Waals surface area contributed by atoms with Crippen LogP contribution in [0.2, 0.25) is 0 Å². The van der Waals surface area contributed by atoms with Gasteiger partial charge in [-0.2, -0.15) is 0 Å². The topological polar surface area (TPSA) is 54.9 Å². The lowest BCUT2D eigenvalue weighted by Crippen LogP contribution is -2.39. The molecule has 1 aromatic rings. The highest BCUT2D eigenvalue weighted by Gasteiger charge is 2.04. The minimum absolute atomic E-state index is 0.129. The number of unbranched alkanes of at least 4 members (excludes halogenated alkanes) is 1. The van der Waals surface area contributed by atoms with Gasteiger partial charge in [-0.25, -0.2) is 0 Å². The van der Waals surface area contributed by atoms with Gasteiger partial charge in [0.2, 0.25) is 0 Å². The predicted octanol–water partition coefficient (Wildman–Crippen LogP) is 3.14. The van der Waals surface area contributed by atoms with Crippen molar-refractivity contribution in [1.82, 2.24) is 10.6 Å². The molecule has 0 spiro atoms. The first-order valence-corrected chi connectivity index (χ1v) is 8.96. The number of hydrogen-bond donors (Lipinski definition) is 2. The number of guanidine groups is 1. The lowest BCUT2D eigenvalue weighted by atomic mass is 10.1. The molecule has 0 aliphatic carbocycles. The molecule has 1 rings (SSSR count). The normalized spacial score (nSPS) is 12.9. The first-order valence-electron chi connectivity index (χ1n) is 8.96. The summed E-state index contributed by atoms with van der Waals surface area (Å²) in [4.78, 5) is 4.20. The third-order valence-electron chi connectivity index (χ3n) is 3.66. The van der Waals surface area contributed by atoms with E-state index in [1.807, 2.05) is 18.2 Å². The average molecular weight is 335 g/mol. The Kier molecular flexibility index (Phi) is 11.8. The molecule has 0 saturated carbocycles. The molecule has 1 aromatic carbocycles. The molecule has 5 nitrogen and oxygen atoms in total. The van der Waals surface area contributed by atoms with Crippen LogP contribution < -0.4 is 10.6 Å². The van der Waals surface area contributed by atoms with Crippen molar-refractivity contribution < 1.29 is 9.47 Å². The molecule has 1 unspecified atom stereocenters. The fourth-order valence-electron chi connectivity index (χ4n) is 2.17. The first kappa shape index (κ1) is 20.5. The maximum absolute atomic E-state index is 5.86. The van der Waals surface area contributed by atoms with Crippen molar-refractivity contribution in [3.63, 3.8) is 0 Å². The SMILES string of the molecule is CCCCOCCNC(=NC)NCCCOC(C)c1ccccc1. The van der Waals surface area contributed by atoms with Crippen LogP contribution in [0, 0.1) is 0 Å². The highest BCUT2D eigenvalue weighted by Crippen LogP contribution is 2.15. The Bertz CT molecular complexity index is 437. The smallest absolute Gasteiger partial charge is 0.191 e. The van der Waals surface area contributed by atoms with Crippen molar-refractivity contribution in [2.75, 3.05) is 40.0 Å². The van der Waals surface area contributed by atoms with Crippen LogP contribution in [0.4, 0.5) is 0 Å². The third kappa shape index (κ3) is 9.53. The average Bonchev–Trinajstić information content (AvgIpc) is 2.63. The Morgan fingerprint density at radius 1 is 1.04 bits per heavy atom. The van der Waals surface area contributed by atoms with Crippen LogP contribution in [0.5, 0.6) is 0 Å². The van der Waals surface area contributed by atoms with Gasteiger partial charge in [-0.1, -0.05) is 43.7 Å². The number of nitrogens with zero attached hydrogens (tertiary/aromatic N) is 1. The van der Waals surface area contributed by atoms with Crippen molar-refractivity contribution in [2.24, 2.45) is 4.99 Å². The molecule has 5 heteroatoms. The first-order chi connectivity index (χ1) is 11.8. The maximum atomic E-state index is 5.86. The molecule has 0 aliphatic rings. The fourth-order valence-corrected chi connectivity index (χ4v) is 2.17. The van der Waals surface area contributed by atoms with E-state index in [0.717, 1.165) is 45.1 Å². The summed E-state index contributed by atoms with van der Waals surface area (Å²) in [6, 6.07) is 10.3. The number of nitrogens with one attached hydrogen (secondary N) is 2. The molecule has 0 radical (unpaired) electrons. The van der Waals surface area contributed by atoms with Crippen molar-refractivity contribution in [2.45, 2.75) is 39.2 Å². The number of hydrogen-bond acceptors (Lipinski definition) is 3. The Labute approximate surface area is 146 Å². The van der Waals surface area contributed by atoms with Crippen molar-refractivity contribution >= 4 is 5.96 Å². The summed E-state index contributed by atoms with van der Waals surface area (Å²) >= 11 is 0. The van der Waals surface area contributed by atoms with E-state index in [1.54, 1.807) is 7.05 Å². The molecule has 0 heterocycles. The molecule has 0 bridgehead atoms.